The Hall–Kier alpha value is 1.23. The van der Waals surface area contributed by atoms with Crippen LogP contribution in [0.4, 0.5) is 17.6 Å². The highest BCUT2D eigenvalue weighted by molar-refractivity contribution is 8.03. The maximum absolute atomic E-state index is 13.2. The summed E-state index contributed by atoms with van der Waals surface area (Å²) in [7, 11) is 0. The lowest BCUT2D eigenvalue weighted by Crippen LogP contribution is -2.48. The summed E-state index contributed by atoms with van der Waals surface area (Å²) in [6.45, 7) is 0. The molecule has 0 N–H and O–H groups in total. The number of hydrogen-bond donors (Lipinski definition) is 0. The second kappa shape index (κ2) is 2.88. The molecule has 0 saturated carbocycles. The number of halogens is 8. The molecule has 0 aromatic heterocycles. The summed E-state index contributed by atoms with van der Waals surface area (Å²) in [4.78, 5) is 0. The van der Waals surface area contributed by atoms with E-state index in [2.05, 4.69) is 0 Å². The molecule has 78 valence electrons. The molecule has 1 aliphatic rings. The fourth-order valence-corrected chi connectivity index (χ4v) is 2.95. The van der Waals surface area contributed by atoms with Crippen LogP contribution in [0.5, 0.6) is 0 Å². The molecule has 1 heterocycles. The molecular formula is C4Cl4F4S. The minimum absolute atomic E-state index is 0.867. The quantitative estimate of drug-likeness (QED) is 0.475. The minimum atomic E-state index is -4.11. The van der Waals surface area contributed by atoms with Gasteiger partial charge >= 0.3 is 5.25 Å². The lowest BCUT2D eigenvalue weighted by atomic mass is 10.3. The predicted octanol–water partition coefficient (Wildman–Crippen LogP) is 4.27. The van der Waals surface area contributed by atoms with Crippen LogP contribution in [0.2, 0.25) is 0 Å². The smallest absolute Gasteiger partial charge is 0.216 e. The molecule has 13 heavy (non-hydrogen) atoms. The van der Waals surface area contributed by atoms with Crippen LogP contribution in [0.1, 0.15) is 0 Å². The molecule has 2 unspecified atom stereocenters. The Morgan fingerprint density at radius 3 is 1.31 bits per heavy atom. The van der Waals surface area contributed by atoms with Crippen molar-refractivity contribution in [1.82, 2.24) is 0 Å². The molecular weight excluding hydrogens is 298 g/mol. The summed E-state index contributed by atoms with van der Waals surface area (Å²) in [6.07, 6.45) is 0. The van der Waals surface area contributed by atoms with E-state index in [1.54, 1.807) is 0 Å². The summed E-state index contributed by atoms with van der Waals surface area (Å²) < 4.78 is 44.7. The minimum Gasteiger partial charge on any atom is -0.216 e. The fourth-order valence-electron chi connectivity index (χ4n) is 0.655. The van der Waals surface area contributed by atoms with E-state index in [1.807, 2.05) is 0 Å². The van der Waals surface area contributed by atoms with E-state index in [0.717, 1.165) is 0 Å². The van der Waals surface area contributed by atoms with Crippen molar-refractivity contribution in [3.8, 4) is 0 Å². The van der Waals surface area contributed by atoms with Crippen LogP contribution in [0.15, 0.2) is 0 Å². The van der Waals surface area contributed by atoms with Crippen molar-refractivity contribution in [2.75, 3.05) is 0 Å². The van der Waals surface area contributed by atoms with Gasteiger partial charge in [0.05, 0.1) is 0 Å². The van der Waals surface area contributed by atoms with Crippen LogP contribution in [0.25, 0.3) is 0 Å². The van der Waals surface area contributed by atoms with E-state index in [0.29, 0.717) is 0 Å². The van der Waals surface area contributed by atoms with Crippen LogP contribution < -0.4 is 0 Å². The largest absolute Gasteiger partial charge is 0.335 e. The predicted molar refractivity (Wildman–Crippen MR) is 46.4 cm³/mol. The van der Waals surface area contributed by atoms with Gasteiger partial charge in [0.2, 0.25) is 4.33 Å². The van der Waals surface area contributed by atoms with E-state index in [1.165, 1.54) is 0 Å². The van der Waals surface area contributed by atoms with Crippen molar-refractivity contribution in [1.29, 1.82) is 0 Å². The van der Waals surface area contributed by atoms with Crippen molar-refractivity contribution in [2.24, 2.45) is 0 Å². The SMILES string of the molecule is FC1(F)SC(F)(Cl)C(F)(Cl)C1(Cl)Cl. The normalized spacial score (nSPS) is 48.0. The average Bonchev–Trinajstić information content (AvgIpc) is 1.88. The third-order valence-corrected chi connectivity index (χ3v) is 5.14. The second-order valence-corrected chi connectivity index (χ2v) is 6.16. The molecule has 1 fully saturated rings. The summed E-state index contributed by atoms with van der Waals surface area (Å²) >= 11 is 18.5. The van der Waals surface area contributed by atoms with Gasteiger partial charge in [-0.05, 0) is 11.8 Å². The van der Waals surface area contributed by atoms with Gasteiger partial charge in [0.25, 0.3) is 9.59 Å². The van der Waals surface area contributed by atoms with Gasteiger partial charge in [-0.25, -0.2) is 8.78 Å². The van der Waals surface area contributed by atoms with Crippen LogP contribution >= 0.6 is 58.2 Å². The van der Waals surface area contributed by atoms with Crippen LogP contribution in [-0.4, -0.2) is 19.2 Å². The van der Waals surface area contributed by atoms with E-state index in [-0.39, 0.29) is 0 Å². The summed E-state index contributed by atoms with van der Waals surface area (Å²) in [6, 6.07) is 0. The number of hydrogen-bond acceptors (Lipinski definition) is 1. The van der Waals surface area contributed by atoms with Gasteiger partial charge < -0.3 is 0 Å². The van der Waals surface area contributed by atoms with Crippen molar-refractivity contribution >= 4 is 58.2 Å². The highest BCUT2D eigenvalue weighted by Gasteiger charge is 2.83. The van der Waals surface area contributed by atoms with E-state index >= 15 is 0 Å². The molecule has 9 heteroatoms. The third kappa shape index (κ3) is 1.42. The van der Waals surface area contributed by atoms with Crippen molar-refractivity contribution in [2.45, 2.75) is 19.2 Å². The van der Waals surface area contributed by atoms with E-state index < -0.39 is 30.9 Å². The molecule has 0 amide bonds. The maximum Gasteiger partial charge on any atom is 0.335 e. The van der Waals surface area contributed by atoms with Crippen molar-refractivity contribution in [3.63, 3.8) is 0 Å². The lowest BCUT2D eigenvalue weighted by Gasteiger charge is -2.27. The van der Waals surface area contributed by atoms with Crippen molar-refractivity contribution < 1.29 is 17.6 Å². The first kappa shape index (κ1) is 12.3. The fraction of sp³-hybridized carbons (Fsp3) is 1.00. The zero-order chi connectivity index (χ0) is 10.7. The van der Waals surface area contributed by atoms with Gasteiger partial charge in [0.15, 0.2) is 0 Å². The molecule has 0 nitrogen and oxygen atoms in total. The summed E-state index contributed by atoms with van der Waals surface area (Å²) in [5.74, 6) is 0. The van der Waals surface area contributed by atoms with E-state index in [4.69, 9.17) is 46.4 Å². The third-order valence-electron chi connectivity index (χ3n) is 1.38. The zero-order valence-corrected chi connectivity index (χ0v) is 9.27. The molecule has 1 rings (SSSR count). The van der Waals surface area contributed by atoms with Gasteiger partial charge in [0.1, 0.15) is 0 Å². The number of thioether (sulfide) groups is 1. The molecule has 0 spiro atoms. The molecule has 0 aromatic carbocycles. The summed E-state index contributed by atoms with van der Waals surface area (Å²) in [5.41, 5.74) is 0. The molecule has 1 aliphatic heterocycles. The summed E-state index contributed by atoms with van der Waals surface area (Å²) in [5, 5.41) is -7.87. The zero-order valence-electron chi connectivity index (χ0n) is 5.43. The number of rotatable bonds is 0. The highest BCUT2D eigenvalue weighted by atomic mass is 35.5. The average molecular weight is 298 g/mol. The first-order valence-corrected chi connectivity index (χ1v) is 5.00. The highest BCUT2D eigenvalue weighted by Crippen LogP contribution is 2.72. The Bertz CT molecular complexity index is 216. The Morgan fingerprint density at radius 2 is 1.23 bits per heavy atom. The maximum atomic E-state index is 13.2. The van der Waals surface area contributed by atoms with Gasteiger partial charge in [-0.2, -0.15) is 8.78 Å². The van der Waals surface area contributed by atoms with Gasteiger partial charge in [-0.15, -0.1) is 0 Å². The molecule has 0 aromatic rings. The second-order valence-electron chi connectivity index (χ2n) is 2.28. The van der Waals surface area contributed by atoms with Crippen LogP contribution in [0.3, 0.4) is 0 Å². The molecule has 0 bridgehead atoms. The first-order valence-electron chi connectivity index (χ1n) is 2.67. The van der Waals surface area contributed by atoms with Gasteiger partial charge in [-0.3, -0.25) is 0 Å². The van der Waals surface area contributed by atoms with Gasteiger partial charge in [-0.1, -0.05) is 46.4 Å². The van der Waals surface area contributed by atoms with Crippen molar-refractivity contribution in [3.05, 3.63) is 0 Å². The Morgan fingerprint density at radius 1 is 0.846 bits per heavy atom. The molecule has 1 saturated heterocycles. The topological polar surface area (TPSA) is 0 Å². The van der Waals surface area contributed by atoms with Crippen LogP contribution in [0, 0.1) is 0 Å². The van der Waals surface area contributed by atoms with Crippen LogP contribution in [-0.2, 0) is 0 Å². The lowest BCUT2D eigenvalue weighted by molar-refractivity contribution is 0.0430. The van der Waals surface area contributed by atoms with E-state index in [9.17, 15) is 17.6 Å². The standard InChI is InChI=1S/C4Cl4F4S/c5-1(6)2(7,9)3(8,10)13-4(1,11)12. The molecule has 0 radical (unpaired) electrons. The Labute approximate surface area is 94.8 Å². The van der Waals surface area contributed by atoms with Gasteiger partial charge in [0, 0.05) is 0 Å². The molecule has 2 atom stereocenters. The first-order chi connectivity index (χ1) is 5.46. The number of alkyl halides is 8. The molecule has 0 aliphatic carbocycles. The Balaban J connectivity index is 3.24. The Kier molecular flexibility index (Phi) is 2.72. The monoisotopic (exact) mass is 296 g/mol.